The fraction of sp³-hybridized carbons (Fsp3) is 0.524. The maximum Gasteiger partial charge on any atom is 0.443 e. The maximum atomic E-state index is 13.4. The number of benzene rings is 1. The van der Waals surface area contributed by atoms with Crippen LogP contribution in [0.25, 0.3) is 0 Å². The average Bonchev–Trinajstić information content (AvgIpc) is 3.13. The van der Waals surface area contributed by atoms with Gasteiger partial charge in [0.1, 0.15) is 10.7 Å². The molecule has 0 saturated carbocycles. The van der Waals surface area contributed by atoms with E-state index in [0.29, 0.717) is 72.8 Å². The molecule has 1 aromatic heterocycles. The molecule has 1 aromatic carbocycles. The van der Waals surface area contributed by atoms with Crippen molar-refractivity contribution < 1.29 is 22.3 Å². The Morgan fingerprint density at radius 1 is 1.21 bits per heavy atom. The second-order valence-electron chi connectivity index (χ2n) is 7.73. The number of aliphatic imine (C=N–C) groups is 1. The lowest BCUT2D eigenvalue weighted by molar-refractivity contribution is -0.137. The van der Waals surface area contributed by atoms with Crippen LogP contribution in [0, 0.1) is 0 Å². The van der Waals surface area contributed by atoms with Gasteiger partial charge in [-0.2, -0.15) is 13.2 Å². The Kier molecular flexibility index (Phi) is 10.4. The van der Waals surface area contributed by atoms with E-state index < -0.39 is 11.2 Å². The van der Waals surface area contributed by atoms with Crippen molar-refractivity contribution in [2.24, 2.45) is 4.99 Å². The normalized spacial score (nSPS) is 18.0. The number of hydrogen-bond acceptors (Lipinski definition) is 7. The summed E-state index contributed by atoms with van der Waals surface area (Å²) < 4.78 is 58.3. The minimum absolute atomic E-state index is 0. The number of alkyl halides is 4. The number of anilines is 2. The Hall–Kier alpha value is -1.66. The van der Waals surface area contributed by atoms with Gasteiger partial charge in [0.2, 0.25) is 5.01 Å². The number of amidine groups is 1. The number of aromatic nitrogens is 1. The number of para-hydroxylation sites is 2. The molecule has 0 amide bonds. The first-order valence-corrected chi connectivity index (χ1v) is 11.3. The Morgan fingerprint density at radius 2 is 1.97 bits per heavy atom. The summed E-state index contributed by atoms with van der Waals surface area (Å²) in [5.74, 6) is 0.428. The number of methoxy groups -OCH3 is 1. The van der Waals surface area contributed by atoms with Crippen LogP contribution in [0.15, 0.2) is 29.3 Å². The SMILES string of the molecule is COCC[C@H]1CN(C2=Nc3ccccc3Nc3sc(C(F)(F)F)nc32)CCN1CCCF.Cl.Cl. The van der Waals surface area contributed by atoms with Gasteiger partial charge in [0.05, 0.1) is 18.0 Å². The zero-order chi connectivity index (χ0) is 22.7. The largest absolute Gasteiger partial charge is 0.443 e. The molecule has 0 unspecified atom stereocenters. The van der Waals surface area contributed by atoms with Crippen LogP contribution >= 0.6 is 36.2 Å². The van der Waals surface area contributed by atoms with Gasteiger partial charge in [-0.3, -0.25) is 9.29 Å². The van der Waals surface area contributed by atoms with Gasteiger partial charge in [0, 0.05) is 45.9 Å². The molecule has 0 radical (unpaired) electrons. The van der Waals surface area contributed by atoms with Crippen LogP contribution in [-0.2, 0) is 10.9 Å². The van der Waals surface area contributed by atoms with Crippen LogP contribution in [-0.4, -0.2) is 73.2 Å². The quantitative estimate of drug-likeness (QED) is 0.486. The third-order valence-electron chi connectivity index (χ3n) is 5.60. The van der Waals surface area contributed by atoms with Crippen molar-refractivity contribution in [1.82, 2.24) is 14.8 Å². The number of nitrogens with zero attached hydrogens (tertiary/aromatic N) is 4. The molecule has 0 spiro atoms. The highest BCUT2D eigenvalue weighted by molar-refractivity contribution is 7.16. The van der Waals surface area contributed by atoms with E-state index >= 15 is 0 Å². The molecule has 34 heavy (non-hydrogen) atoms. The second-order valence-corrected chi connectivity index (χ2v) is 8.73. The maximum absolute atomic E-state index is 13.4. The third-order valence-corrected chi connectivity index (χ3v) is 6.61. The van der Waals surface area contributed by atoms with Gasteiger partial charge in [-0.25, -0.2) is 9.98 Å². The van der Waals surface area contributed by atoms with Crippen LogP contribution in [0.4, 0.5) is 33.9 Å². The summed E-state index contributed by atoms with van der Waals surface area (Å²) in [5, 5.41) is 2.51. The highest BCUT2D eigenvalue weighted by atomic mass is 35.5. The van der Waals surface area contributed by atoms with Crippen molar-refractivity contribution in [2.45, 2.75) is 25.1 Å². The third kappa shape index (κ3) is 6.31. The minimum atomic E-state index is -4.53. The van der Waals surface area contributed by atoms with Crippen molar-refractivity contribution in [2.75, 3.05) is 51.9 Å². The minimum Gasteiger partial charge on any atom is -0.385 e. The predicted octanol–water partition coefficient (Wildman–Crippen LogP) is 5.52. The summed E-state index contributed by atoms with van der Waals surface area (Å²) in [6.45, 7) is 2.57. The monoisotopic (exact) mass is 543 g/mol. The van der Waals surface area contributed by atoms with Crippen LogP contribution < -0.4 is 5.32 Å². The van der Waals surface area contributed by atoms with Gasteiger partial charge < -0.3 is 15.0 Å². The molecule has 190 valence electrons. The number of nitrogens with one attached hydrogen (secondary N) is 1. The van der Waals surface area contributed by atoms with Crippen LogP contribution in [0.2, 0.25) is 0 Å². The van der Waals surface area contributed by atoms with E-state index in [1.807, 2.05) is 23.1 Å². The highest BCUT2D eigenvalue weighted by Gasteiger charge is 2.39. The van der Waals surface area contributed by atoms with Gasteiger partial charge in [-0.05, 0) is 25.0 Å². The van der Waals surface area contributed by atoms with E-state index in [2.05, 4.69) is 15.2 Å². The van der Waals surface area contributed by atoms with Gasteiger partial charge >= 0.3 is 6.18 Å². The Morgan fingerprint density at radius 3 is 2.68 bits per heavy atom. The molecule has 6 nitrogen and oxygen atoms in total. The number of piperazine rings is 1. The van der Waals surface area contributed by atoms with Crippen molar-refractivity contribution in [3.63, 3.8) is 0 Å². The number of ether oxygens (including phenoxy) is 1. The van der Waals surface area contributed by atoms with Crippen LogP contribution in [0.3, 0.4) is 0 Å². The summed E-state index contributed by atoms with van der Waals surface area (Å²) in [6.07, 6.45) is -3.35. The molecular weight excluding hydrogens is 517 g/mol. The summed E-state index contributed by atoms with van der Waals surface area (Å²) in [4.78, 5) is 12.9. The molecule has 2 aliphatic rings. The number of thiazole rings is 1. The van der Waals surface area contributed by atoms with E-state index in [4.69, 9.17) is 9.73 Å². The molecule has 0 bridgehead atoms. The lowest BCUT2D eigenvalue weighted by Gasteiger charge is -2.42. The molecule has 1 atom stereocenters. The molecule has 3 heterocycles. The molecule has 13 heteroatoms. The van der Waals surface area contributed by atoms with Crippen LogP contribution in [0.5, 0.6) is 0 Å². The fourth-order valence-corrected chi connectivity index (χ4v) is 4.88. The zero-order valence-corrected chi connectivity index (χ0v) is 20.9. The van der Waals surface area contributed by atoms with E-state index in [1.165, 1.54) is 0 Å². The van der Waals surface area contributed by atoms with Crippen molar-refractivity contribution in [1.29, 1.82) is 0 Å². The molecular formula is C21H27Cl2F4N5OS. The molecule has 1 N–H and O–H groups in total. The topological polar surface area (TPSA) is 53.0 Å². The molecule has 2 aromatic rings. The first kappa shape index (κ1) is 28.6. The molecule has 2 aliphatic heterocycles. The van der Waals surface area contributed by atoms with Crippen LogP contribution in [0.1, 0.15) is 23.5 Å². The standard InChI is InChI=1S/C21H25F4N5OS.2ClH/c1-31-12-7-14-13-30(11-10-29(14)9-4-8-22)18-17-19(32-20(28-17)21(23,24)25)27-16-6-3-2-5-15(16)26-18;;/h2-3,5-6,14,27H,4,7-13H2,1H3;2*1H/t14-;;/m0../s1. The van der Waals surface area contributed by atoms with Crippen molar-refractivity contribution >= 4 is 58.4 Å². The Labute approximate surface area is 212 Å². The summed E-state index contributed by atoms with van der Waals surface area (Å²) in [7, 11) is 1.63. The predicted molar refractivity (Wildman–Crippen MR) is 132 cm³/mol. The summed E-state index contributed by atoms with van der Waals surface area (Å²) >= 11 is 0.586. The van der Waals surface area contributed by atoms with Crippen molar-refractivity contribution in [3.05, 3.63) is 35.0 Å². The average molecular weight is 544 g/mol. The lowest BCUT2D eigenvalue weighted by Crippen LogP contribution is -2.55. The van der Waals surface area contributed by atoms with E-state index in [0.717, 1.165) is 6.42 Å². The fourth-order valence-electron chi connectivity index (χ4n) is 4.03. The molecule has 4 rings (SSSR count). The first-order valence-electron chi connectivity index (χ1n) is 10.5. The van der Waals surface area contributed by atoms with E-state index in [9.17, 15) is 17.6 Å². The molecule has 1 saturated heterocycles. The number of rotatable bonds is 6. The van der Waals surface area contributed by atoms with E-state index in [-0.39, 0.29) is 43.2 Å². The number of fused-ring (bicyclic) bond motifs is 2. The second kappa shape index (κ2) is 12.3. The molecule has 0 aliphatic carbocycles. The Balaban J connectivity index is 0.00000204. The zero-order valence-electron chi connectivity index (χ0n) is 18.5. The summed E-state index contributed by atoms with van der Waals surface area (Å²) in [5.41, 5.74) is 1.49. The number of hydrogen-bond donors (Lipinski definition) is 1. The highest BCUT2D eigenvalue weighted by Crippen LogP contribution is 2.42. The van der Waals surface area contributed by atoms with Crippen molar-refractivity contribution in [3.8, 4) is 0 Å². The lowest BCUT2D eigenvalue weighted by atomic mass is 10.1. The molecule has 1 fully saturated rings. The summed E-state index contributed by atoms with van der Waals surface area (Å²) in [6, 6.07) is 7.33. The smallest absolute Gasteiger partial charge is 0.385 e. The first-order chi connectivity index (χ1) is 15.4. The van der Waals surface area contributed by atoms with E-state index in [1.54, 1.807) is 13.2 Å². The Bertz CT molecular complexity index is 975. The number of halogens is 6. The van der Waals surface area contributed by atoms with Gasteiger partial charge in [0.15, 0.2) is 5.84 Å². The van der Waals surface area contributed by atoms with Gasteiger partial charge in [-0.1, -0.05) is 23.5 Å². The van der Waals surface area contributed by atoms with Gasteiger partial charge in [-0.15, -0.1) is 24.8 Å². The van der Waals surface area contributed by atoms with Gasteiger partial charge in [0.25, 0.3) is 0 Å².